The number of rotatable bonds is 4. The first-order valence-electron chi connectivity index (χ1n) is 4.56. The van der Waals surface area contributed by atoms with Crippen LogP contribution in [0.15, 0.2) is 22.8 Å². The predicted octanol–water partition coefficient (Wildman–Crippen LogP) is 3.30. The molecule has 0 aliphatic carbocycles. The summed E-state index contributed by atoms with van der Waals surface area (Å²) >= 11 is 3.17. The fraction of sp³-hybridized carbons (Fsp3) is 0.400. The van der Waals surface area contributed by atoms with Crippen LogP contribution in [-0.4, -0.2) is 16.9 Å². The first-order valence-corrected chi connectivity index (χ1v) is 5.35. The van der Waals surface area contributed by atoms with Gasteiger partial charge in [-0.15, -0.1) is 0 Å². The van der Waals surface area contributed by atoms with Crippen LogP contribution >= 0.6 is 15.9 Å². The van der Waals surface area contributed by atoms with Gasteiger partial charge in [0.25, 0.3) is 0 Å². The molecule has 1 rings (SSSR count). The number of carbonyl (C=O) groups is 1. The van der Waals surface area contributed by atoms with Crippen molar-refractivity contribution in [3.63, 3.8) is 0 Å². The largest absolute Gasteiger partial charge is 0.389 e. The van der Waals surface area contributed by atoms with Crippen molar-refractivity contribution in [1.29, 1.82) is 0 Å². The predicted molar refractivity (Wildman–Crippen MR) is 55.9 cm³/mol. The Kier molecular flexibility index (Phi) is 4.46. The van der Waals surface area contributed by atoms with Crippen LogP contribution in [0, 0.1) is 0 Å². The van der Waals surface area contributed by atoms with Crippen LogP contribution in [0.2, 0.25) is 0 Å². The third-order valence-electron chi connectivity index (χ3n) is 1.85. The summed E-state index contributed by atoms with van der Waals surface area (Å²) in [7, 11) is 0. The van der Waals surface area contributed by atoms with Gasteiger partial charge < -0.3 is 0 Å². The minimum Gasteiger partial charge on any atom is -0.299 e. The van der Waals surface area contributed by atoms with E-state index in [-0.39, 0.29) is 6.42 Å². The molecule has 6 heteroatoms. The maximum absolute atomic E-state index is 11.8. The Labute approximate surface area is 99.0 Å². The van der Waals surface area contributed by atoms with Gasteiger partial charge >= 0.3 is 6.18 Å². The molecule has 0 aliphatic heterocycles. The third-order valence-corrected chi connectivity index (χ3v) is 2.32. The lowest BCUT2D eigenvalue weighted by molar-refractivity contribution is -0.143. The molecule has 0 atom stereocenters. The summed E-state index contributed by atoms with van der Waals surface area (Å²) in [5.74, 6) is -0.452. The SMILES string of the molecule is O=C(CCC(F)(F)F)Cc1ccc(Br)cn1. The molecule has 0 amide bonds. The second-order valence-electron chi connectivity index (χ2n) is 3.30. The highest BCUT2D eigenvalue weighted by Crippen LogP contribution is 2.21. The molecule has 0 bridgehead atoms. The van der Waals surface area contributed by atoms with Gasteiger partial charge in [-0.2, -0.15) is 13.2 Å². The monoisotopic (exact) mass is 295 g/mol. The van der Waals surface area contributed by atoms with E-state index in [9.17, 15) is 18.0 Å². The van der Waals surface area contributed by atoms with Gasteiger partial charge in [-0.05, 0) is 28.1 Å². The van der Waals surface area contributed by atoms with Crippen molar-refractivity contribution in [2.24, 2.45) is 0 Å². The summed E-state index contributed by atoms with van der Waals surface area (Å²) in [6, 6.07) is 3.30. The minimum atomic E-state index is -4.27. The molecule has 0 aromatic carbocycles. The summed E-state index contributed by atoms with van der Waals surface area (Å²) in [5, 5.41) is 0. The average Bonchev–Trinajstić information content (AvgIpc) is 2.18. The molecular formula is C10H9BrF3NO. The van der Waals surface area contributed by atoms with E-state index < -0.39 is 24.8 Å². The van der Waals surface area contributed by atoms with Gasteiger partial charge in [0, 0.05) is 29.2 Å². The van der Waals surface area contributed by atoms with Crippen LogP contribution in [0.5, 0.6) is 0 Å². The maximum Gasteiger partial charge on any atom is 0.389 e. The van der Waals surface area contributed by atoms with Crippen LogP contribution in [0.4, 0.5) is 13.2 Å². The van der Waals surface area contributed by atoms with Gasteiger partial charge in [-0.1, -0.05) is 0 Å². The Morgan fingerprint density at radius 2 is 2.06 bits per heavy atom. The number of halogens is 4. The Hall–Kier alpha value is -0.910. The summed E-state index contributed by atoms with van der Waals surface area (Å²) in [6.45, 7) is 0. The summed E-state index contributed by atoms with van der Waals surface area (Å²) in [4.78, 5) is 15.1. The van der Waals surface area contributed by atoms with Crippen molar-refractivity contribution >= 4 is 21.7 Å². The second-order valence-corrected chi connectivity index (χ2v) is 4.21. The summed E-state index contributed by atoms with van der Waals surface area (Å²) < 4.78 is 36.3. The number of nitrogens with zero attached hydrogens (tertiary/aromatic N) is 1. The molecule has 88 valence electrons. The Balaban J connectivity index is 2.43. The van der Waals surface area contributed by atoms with E-state index in [0.717, 1.165) is 4.47 Å². The van der Waals surface area contributed by atoms with E-state index in [2.05, 4.69) is 20.9 Å². The molecular weight excluding hydrogens is 287 g/mol. The van der Waals surface area contributed by atoms with E-state index in [1.165, 1.54) is 6.20 Å². The Morgan fingerprint density at radius 3 is 2.56 bits per heavy atom. The van der Waals surface area contributed by atoms with Crippen LogP contribution in [-0.2, 0) is 11.2 Å². The second kappa shape index (κ2) is 5.43. The topological polar surface area (TPSA) is 30.0 Å². The minimum absolute atomic E-state index is 0.0522. The molecule has 0 saturated carbocycles. The Morgan fingerprint density at radius 1 is 1.38 bits per heavy atom. The molecule has 0 saturated heterocycles. The molecule has 1 aromatic rings. The molecule has 0 radical (unpaired) electrons. The van der Waals surface area contributed by atoms with Gasteiger partial charge in [-0.25, -0.2) is 0 Å². The van der Waals surface area contributed by atoms with Gasteiger partial charge in [-0.3, -0.25) is 9.78 Å². The number of carbonyl (C=O) groups excluding carboxylic acids is 1. The van der Waals surface area contributed by atoms with E-state index >= 15 is 0 Å². The first kappa shape index (κ1) is 13.2. The number of pyridine rings is 1. The Bertz CT molecular complexity index is 361. The number of hydrogen-bond acceptors (Lipinski definition) is 2. The number of ketones is 1. The van der Waals surface area contributed by atoms with Gasteiger partial charge in [0.1, 0.15) is 5.78 Å². The highest BCUT2D eigenvalue weighted by molar-refractivity contribution is 9.10. The standard InChI is InChI=1S/C10H9BrF3NO/c11-7-1-2-8(15-6-7)5-9(16)3-4-10(12,13)14/h1-2,6H,3-5H2. The van der Waals surface area contributed by atoms with Crippen molar-refractivity contribution in [2.75, 3.05) is 0 Å². The lowest BCUT2D eigenvalue weighted by Crippen LogP contribution is -2.12. The van der Waals surface area contributed by atoms with E-state index in [1.807, 2.05) is 0 Å². The normalized spacial score (nSPS) is 11.5. The zero-order valence-electron chi connectivity index (χ0n) is 8.22. The smallest absolute Gasteiger partial charge is 0.299 e. The molecule has 16 heavy (non-hydrogen) atoms. The van der Waals surface area contributed by atoms with Gasteiger partial charge in [0.05, 0.1) is 6.42 Å². The summed E-state index contributed by atoms with van der Waals surface area (Å²) in [6.07, 6.45) is -4.37. The van der Waals surface area contributed by atoms with Crippen LogP contribution < -0.4 is 0 Å². The quantitative estimate of drug-likeness (QED) is 0.853. The van der Waals surface area contributed by atoms with Crippen molar-refractivity contribution < 1.29 is 18.0 Å². The number of hydrogen-bond donors (Lipinski definition) is 0. The van der Waals surface area contributed by atoms with E-state index in [0.29, 0.717) is 5.69 Å². The molecule has 0 N–H and O–H groups in total. The van der Waals surface area contributed by atoms with Crippen molar-refractivity contribution in [3.05, 3.63) is 28.5 Å². The zero-order chi connectivity index (χ0) is 12.2. The van der Waals surface area contributed by atoms with Gasteiger partial charge in [0.15, 0.2) is 0 Å². The number of Topliss-reactive ketones (excluding diaryl/α,β-unsaturated/α-hetero) is 1. The van der Waals surface area contributed by atoms with Crippen molar-refractivity contribution in [2.45, 2.75) is 25.4 Å². The zero-order valence-corrected chi connectivity index (χ0v) is 9.81. The third kappa shape index (κ3) is 5.25. The average molecular weight is 296 g/mol. The highest BCUT2D eigenvalue weighted by Gasteiger charge is 2.27. The summed E-state index contributed by atoms with van der Waals surface area (Å²) in [5.41, 5.74) is 0.482. The lowest BCUT2D eigenvalue weighted by atomic mass is 10.1. The van der Waals surface area contributed by atoms with E-state index in [4.69, 9.17) is 0 Å². The van der Waals surface area contributed by atoms with Crippen molar-refractivity contribution in [1.82, 2.24) is 4.98 Å². The first-order chi connectivity index (χ1) is 7.37. The number of alkyl halides is 3. The maximum atomic E-state index is 11.8. The van der Waals surface area contributed by atoms with Crippen LogP contribution in [0.3, 0.4) is 0 Å². The molecule has 0 aliphatic rings. The molecule has 2 nitrogen and oxygen atoms in total. The van der Waals surface area contributed by atoms with Gasteiger partial charge in [0.2, 0.25) is 0 Å². The van der Waals surface area contributed by atoms with Crippen LogP contribution in [0.25, 0.3) is 0 Å². The fourth-order valence-corrected chi connectivity index (χ4v) is 1.32. The molecule has 0 unspecified atom stereocenters. The fourth-order valence-electron chi connectivity index (χ4n) is 1.08. The van der Waals surface area contributed by atoms with E-state index in [1.54, 1.807) is 12.1 Å². The number of aromatic nitrogens is 1. The molecule has 1 heterocycles. The highest BCUT2D eigenvalue weighted by atomic mass is 79.9. The molecule has 1 aromatic heterocycles. The van der Waals surface area contributed by atoms with Crippen LogP contribution in [0.1, 0.15) is 18.5 Å². The molecule has 0 fully saturated rings. The van der Waals surface area contributed by atoms with Crippen molar-refractivity contribution in [3.8, 4) is 0 Å². The lowest BCUT2D eigenvalue weighted by Gasteiger charge is -2.04. The molecule has 0 spiro atoms.